The quantitative estimate of drug-likeness (QED) is 0.625. The summed E-state index contributed by atoms with van der Waals surface area (Å²) in [6.45, 7) is 1.10. The standard InChI is InChI=1S/C20H21N/c1-2-7-16-14(5-1)10-11-15-6-3-8-17-19-9-4-12-21(19)13-18(16)20(15)17/h1-2,4-5,9,12,17H,3,6-8,10-11,13H2. The molecule has 1 aromatic heterocycles. The number of fused-ring (bicyclic) bond motifs is 3. The number of nitrogens with zero attached hydrogens (tertiary/aromatic N) is 1. The third-order valence-corrected chi connectivity index (χ3v) is 5.78. The second kappa shape index (κ2) is 4.37. The second-order valence-electron chi connectivity index (χ2n) is 6.80. The maximum atomic E-state index is 2.50. The van der Waals surface area contributed by atoms with Crippen LogP contribution in [0.3, 0.4) is 0 Å². The predicted molar refractivity (Wildman–Crippen MR) is 86.2 cm³/mol. The zero-order valence-corrected chi connectivity index (χ0v) is 12.4. The lowest BCUT2D eigenvalue weighted by Gasteiger charge is -2.36. The lowest BCUT2D eigenvalue weighted by Crippen LogP contribution is -2.24. The van der Waals surface area contributed by atoms with Crippen LogP contribution in [0, 0.1) is 0 Å². The molecule has 2 heterocycles. The Morgan fingerprint density at radius 2 is 2.10 bits per heavy atom. The van der Waals surface area contributed by atoms with Gasteiger partial charge >= 0.3 is 0 Å². The van der Waals surface area contributed by atoms with Crippen LogP contribution >= 0.6 is 0 Å². The first-order valence-corrected chi connectivity index (χ1v) is 8.37. The highest BCUT2D eigenvalue weighted by Crippen LogP contribution is 2.50. The highest BCUT2D eigenvalue weighted by atomic mass is 15.0. The van der Waals surface area contributed by atoms with Crippen LogP contribution < -0.4 is 0 Å². The van der Waals surface area contributed by atoms with Gasteiger partial charge in [-0.2, -0.15) is 0 Å². The minimum Gasteiger partial charge on any atom is -0.346 e. The monoisotopic (exact) mass is 275 g/mol. The molecule has 1 aromatic rings. The lowest BCUT2D eigenvalue weighted by molar-refractivity contribution is 0.527. The molecule has 0 radical (unpaired) electrons. The molecule has 21 heavy (non-hydrogen) atoms. The van der Waals surface area contributed by atoms with E-state index < -0.39 is 0 Å². The van der Waals surface area contributed by atoms with Gasteiger partial charge in [0, 0.05) is 24.4 Å². The Kier molecular flexibility index (Phi) is 2.46. The van der Waals surface area contributed by atoms with Gasteiger partial charge in [-0.15, -0.1) is 0 Å². The summed E-state index contributed by atoms with van der Waals surface area (Å²) in [6, 6.07) is 4.59. The van der Waals surface area contributed by atoms with Crippen LogP contribution in [0.4, 0.5) is 0 Å². The van der Waals surface area contributed by atoms with Gasteiger partial charge in [0.1, 0.15) is 0 Å². The Morgan fingerprint density at radius 1 is 1.10 bits per heavy atom. The molecule has 0 aromatic carbocycles. The molecule has 5 rings (SSSR count). The topological polar surface area (TPSA) is 4.93 Å². The van der Waals surface area contributed by atoms with Crippen molar-refractivity contribution in [3.8, 4) is 0 Å². The summed E-state index contributed by atoms with van der Waals surface area (Å²) in [5.41, 5.74) is 10.0. The van der Waals surface area contributed by atoms with E-state index in [9.17, 15) is 0 Å². The third-order valence-electron chi connectivity index (χ3n) is 5.78. The van der Waals surface area contributed by atoms with Crippen LogP contribution in [0.25, 0.3) is 0 Å². The van der Waals surface area contributed by atoms with E-state index in [-0.39, 0.29) is 0 Å². The lowest BCUT2D eigenvalue weighted by atomic mass is 9.74. The molecular weight excluding hydrogens is 254 g/mol. The van der Waals surface area contributed by atoms with Crippen molar-refractivity contribution in [2.75, 3.05) is 0 Å². The average Bonchev–Trinajstić information content (AvgIpc) is 2.94. The Balaban J connectivity index is 1.79. The van der Waals surface area contributed by atoms with E-state index in [1.54, 1.807) is 33.6 Å². The van der Waals surface area contributed by atoms with Crippen LogP contribution in [0.15, 0.2) is 64.4 Å². The molecule has 1 unspecified atom stereocenters. The minimum atomic E-state index is 0.672. The SMILES string of the molecule is C1=CCC2=C3Cn4cccc4C4CCCC(=C34)CCC2=C1. The van der Waals surface area contributed by atoms with Crippen LogP contribution in [-0.2, 0) is 6.54 Å². The summed E-state index contributed by atoms with van der Waals surface area (Å²) in [4.78, 5) is 0. The van der Waals surface area contributed by atoms with Crippen molar-refractivity contribution in [2.45, 2.75) is 51.0 Å². The maximum Gasteiger partial charge on any atom is 0.0479 e. The van der Waals surface area contributed by atoms with Gasteiger partial charge in [0.15, 0.2) is 0 Å². The molecular formula is C20H21N. The molecule has 0 saturated carbocycles. The first kappa shape index (κ1) is 11.9. The zero-order chi connectivity index (χ0) is 13.8. The Hall–Kier alpha value is -1.76. The van der Waals surface area contributed by atoms with Crippen molar-refractivity contribution < 1.29 is 0 Å². The fourth-order valence-electron chi connectivity index (χ4n) is 4.86. The zero-order valence-electron chi connectivity index (χ0n) is 12.4. The Labute approximate surface area is 126 Å². The maximum absolute atomic E-state index is 2.50. The van der Waals surface area contributed by atoms with E-state index in [1.165, 1.54) is 32.1 Å². The number of allylic oxidation sites excluding steroid dienone is 8. The number of hydrogen-bond donors (Lipinski definition) is 0. The number of hydrogen-bond acceptors (Lipinski definition) is 0. The van der Waals surface area contributed by atoms with Gasteiger partial charge in [-0.3, -0.25) is 0 Å². The first-order chi connectivity index (χ1) is 10.4. The molecule has 1 nitrogen and oxygen atoms in total. The average molecular weight is 275 g/mol. The normalized spacial score (nSPS) is 26.9. The van der Waals surface area contributed by atoms with Crippen LogP contribution in [0.5, 0.6) is 0 Å². The fraction of sp³-hybridized carbons (Fsp3) is 0.400. The summed E-state index contributed by atoms with van der Waals surface area (Å²) in [7, 11) is 0. The van der Waals surface area contributed by atoms with Crippen LogP contribution in [-0.4, -0.2) is 4.57 Å². The summed E-state index contributed by atoms with van der Waals surface area (Å²) < 4.78 is 2.50. The Morgan fingerprint density at radius 3 is 3.10 bits per heavy atom. The van der Waals surface area contributed by atoms with E-state index in [4.69, 9.17) is 0 Å². The van der Waals surface area contributed by atoms with E-state index in [0.717, 1.165) is 13.0 Å². The molecule has 0 amide bonds. The fourth-order valence-corrected chi connectivity index (χ4v) is 4.86. The predicted octanol–water partition coefficient (Wildman–Crippen LogP) is 5.04. The molecule has 4 aliphatic rings. The molecule has 0 N–H and O–H groups in total. The molecule has 0 bridgehead atoms. The summed E-state index contributed by atoms with van der Waals surface area (Å²) in [6.07, 6.45) is 17.0. The van der Waals surface area contributed by atoms with Gasteiger partial charge in [0.25, 0.3) is 0 Å². The largest absolute Gasteiger partial charge is 0.346 e. The highest BCUT2D eigenvalue weighted by Gasteiger charge is 2.35. The minimum absolute atomic E-state index is 0.672. The van der Waals surface area contributed by atoms with E-state index in [0.29, 0.717) is 5.92 Å². The molecule has 0 fully saturated rings. The van der Waals surface area contributed by atoms with Gasteiger partial charge in [-0.05, 0) is 73.0 Å². The second-order valence-corrected chi connectivity index (χ2v) is 6.80. The van der Waals surface area contributed by atoms with E-state index in [1.807, 2.05) is 0 Å². The molecule has 3 aliphatic carbocycles. The molecule has 106 valence electrons. The summed E-state index contributed by atoms with van der Waals surface area (Å²) in [5.74, 6) is 0.672. The smallest absolute Gasteiger partial charge is 0.0479 e. The Bertz CT molecular complexity index is 736. The molecule has 1 heteroatoms. The van der Waals surface area contributed by atoms with Crippen molar-refractivity contribution in [3.63, 3.8) is 0 Å². The molecule has 1 aliphatic heterocycles. The van der Waals surface area contributed by atoms with Gasteiger partial charge in [0.05, 0.1) is 0 Å². The van der Waals surface area contributed by atoms with Gasteiger partial charge in [-0.1, -0.05) is 23.8 Å². The highest BCUT2D eigenvalue weighted by molar-refractivity contribution is 5.57. The first-order valence-electron chi connectivity index (χ1n) is 8.37. The van der Waals surface area contributed by atoms with E-state index >= 15 is 0 Å². The van der Waals surface area contributed by atoms with Crippen molar-refractivity contribution in [1.29, 1.82) is 0 Å². The van der Waals surface area contributed by atoms with Crippen molar-refractivity contribution in [1.82, 2.24) is 4.57 Å². The van der Waals surface area contributed by atoms with Crippen LogP contribution in [0.2, 0.25) is 0 Å². The summed E-state index contributed by atoms with van der Waals surface area (Å²) >= 11 is 0. The molecule has 0 saturated heterocycles. The van der Waals surface area contributed by atoms with E-state index in [2.05, 4.69) is 41.1 Å². The third kappa shape index (κ3) is 1.64. The number of rotatable bonds is 0. The van der Waals surface area contributed by atoms with Gasteiger partial charge in [0.2, 0.25) is 0 Å². The van der Waals surface area contributed by atoms with Crippen molar-refractivity contribution in [2.24, 2.45) is 0 Å². The van der Waals surface area contributed by atoms with Gasteiger partial charge < -0.3 is 4.57 Å². The van der Waals surface area contributed by atoms with Crippen molar-refractivity contribution in [3.05, 3.63) is 70.1 Å². The summed E-state index contributed by atoms with van der Waals surface area (Å²) in [5, 5.41) is 0. The molecule has 0 spiro atoms. The molecule has 1 atom stereocenters. The van der Waals surface area contributed by atoms with Crippen molar-refractivity contribution >= 4 is 0 Å². The van der Waals surface area contributed by atoms with Crippen LogP contribution in [0.1, 0.15) is 50.1 Å². The number of aromatic nitrogens is 1. The van der Waals surface area contributed by atoms with Gasteiger partial charge in [-0.25, -0.2) is 0 Å².